The molecular formula is C22H28IrN-. The molecule has 0 fully saturated rings. The number of hydrogen-bond donors (Lipinski definition) is 0. The van der Waals surface area contributed by atoms with Gasteiger partial charge in [-0.05, 0) is 41.3 Å². The van der Waals surface area contributed by atoms with Gasteiger partial charge >= 0.3 is 0 Å². The van der Waals surface area contributed by atoms with Crippen LogP contribution in [0, 0.1) is 25.3 Å². The summed E-state index contributed by atoms with van der Waals surface area (Å²) in [5.74, 6) is 0. The monoisotopic (exact) mass is 499 g/mol. The van der Waals surface area contributed by atoms with Gasteiger partial charge in [0.1, 0.15) is 0 Å². The molecule has 131 valence electrons. The largest absolute Gasteiger partial charge is 0.304 e. The van der Waals surface area contributed by atoms with Crippen molar-refractivity contribution >= 4 is 0 Å². The van der Waals surface area contributed by atoms with Gasteiger partial charge in [-0.1, -0.05) is 53.2 Å². The molecule has 0 unspecified atom stereocenters. The summed E-state index contributed by atoms with van der Waals surface area (Å²) in [6.45, 7) is 18.5. The summed E-state index contributed by atoms with van der Waals surface area (Å²) in [5.41, 5.74) is 7.96. The number of aromatic nitrogens is 1. The first-order valence-electron chi connectivity index (χ1n) is 8.50. The molecule has 1 aromatic heterocycles. The second kappa shape index (κ2) is 5.78. The van der Waals surface area contributed by atoms with Crippen LogP contribution in [0.15, 0.2) is 24.4 Å². The molecule has 0 saturated carbocycles. The Morgan fingerprint density at radius 3 is 2.00 bits per heavy atom. The normalized spacial score (nSPS) is 19.5. The summed E-state index contributed by atoms with van der Waals surface area (Å²) in [6.07, 6.45) is 1.96. The van der Waals surface area contributed by atoms with Crippen molar-refractivity contribution in [2.45, 2.75) is 66.2 Å². The molecule has 1 aromatic carbocycles. The molecule has 0 saturated heterocycles. The Bertz CT molecular complexity index is 785. The van der Waals surface area contributed by atoms with Crippen LogP contribution in [0.3, 0.4) is 0 Å². The zero-order chi connectivity index (χ0) is 17.2. The number of benzene rings is 1. The smallest absolute Gasteiger partial charge is 0.0192 e. The van der Waals surface area contributed by atoms with Crippen molar-refractivity contribution in [3.05, 3.63) is 52.7 Å². The van der Waals surface area contributed by atoms with E-state index < -0.39 is 0 Å². The van der Waals surface area contributed by atoms with Crippen molar-refractivity contribution in [1.29, 1.82) is 0 Å². The molecule has 1 aliphatic rings. The summed E-state index contributed by atoms with van der Waals surface area (Å²) in [6, 6.07) is 10.2. The van der Waals surface area contributed by atoms with Crippen LogP contribution in [0.2, 0.25) is 0 Å². The molecule has 2 heteroatoms. The Hall–Kier alpha value is -0.981. The molecule has 1 nitrogen and oxygen atoms in total. The number of nitrogens with zero attached hydrogens (tertiary/aromatic N) is 1. The van der Waals surface area contributed by atoms with Crippen molar-refractivity contribution < 1.29 is 20.1 Å². The van der Waals surface area contributed by atoms with E-state index in [1.807, 2.05) is 6.20 Å². The predicted octanol–water partition coefficient (Wildman–Crippen LogP) is 5.76. The van der Waals surface area contributed by atoms with Gasteiger partial charge < -0.3 is 4.98 Å². The fourth-order valence-electron chi connectivity index (χ4n) is 3.90. The van der Waals surface area contributed by atoms with Gasteiger partial charge in [0, 0.05) is 26.3 Å². The maximum absolute atomic E-state index is 4.62. The molecule has 1 heterocycles. The van der Waals surface area contributed by atoms with Gasteiger partial charge in [-0.25, -0.2) is 0 Å². The van der Waals surface area contributed by atoms with E-state index in [1.54, 1.807) is 0 Å². The van der Waals surface area contributed by atoms with Crippen molar-refractivity contribution in [1.82, 2.24) is 4.98 Å². The third kappa shape index (κ3) is 2.42. The molecule has 2 aromatic rings. The molecule has 3 rings (SSSR count). The van der Waals surface area contributed by atoms with E-state index in [1.165, 1.54) is 22.3 Å². The van der Waals surface area contributed by atoms with Crippen LogP contribution in [0.4, 0.5) is 0 Å². The van der Waals surface area contributed by atoms with Crippen LogP contribution >= 0.6 is 0 Å². The molecule has 0 aliphatic heterocycles. The number of aryl methyl sites for hydroxylation is 2. The molecular weight excluding hydrogens is 470 g/mol. The maximum Gasteiger partial charge on any atom is 0.0192 e. The third-order valence-electron chi connectivity index (χ3n) is 7.07. The number of fused-ring (bicyclic) bond motifs is 1. The van der Waals surface area contributed by atoms with Crippen LogP contribution in [-0.4, -0.2) is 4.98 Å². The van der Waals surface area contributed by atoms with E-state index in [2.05, 4.69) is 84.6 Å². The van der Waals surface area contributed by atoms with Gasteiger partial charge in [0.2, 0.25) is 0 Å². The summed E-state index contributed by atoms with van der Waals surface area (Å²) >= 11 is 0. The van der Waals surface area contributed by atoms with E-state index in [0.29, 0.717) is 0 Å². The van der Waals surface area contributed by atoms with Crippen LogP contribution < -0.4 is 0 Å². The quantitative estimate of drug-likeness (QED) is 0.456. The second-order valence-electron chi connectivity index (χ2n) is 8.70. The molecule has 0 bridgehead atoms. The second-order valence-corrected chi connectivity index (χ2v) is 8.70. The van der Waals surface area contributed by atoms with Gasteiger partial charge in [0.25, 0.3) is 0 Å². The zero-order valence-corrected chi connectivity index (χ0v) is 18.5. The number of rotatable bonds is 1. The molecule has 0 N–H and O–H groups in total. The first kappa shape index (κ1) is 19.3. The first-order chi connectivity index (χ1) is 10.5. The van der Waals surface area contributed by atoms with E-state index in [4.69, 9.17) is 0 Å². The zero-order valence-electron chi connectivity index (χ0n) is 16.1. The fourth-order valence-corrected chi connectivity index (χ4v) is 3.90. The molecule has 24 heavy (non-hydrogen) atoms. The van der Waals surface area contributed by atoms with E-state index in [9.17, 15) is 0 Å². The molecule has 1 aliphatic carbocycles. The molecule has 0 amide bonds. The number of pyridine rings is 1. The van der Waals surface area contributed by atoms with E-state index >= 15 is 0 Å². The minimum absolute atomic E-state index is 0. The van der Waals surface area contributed by atoms with Gasteiger partial charge in [-0.15, -0.1) is 34.9 Å². The average molecular weight is 499 g/mol. The Balaban J connectivity index is 0.00000208. The predicted molar refractivity (Wildman–Crippen MR) is 97.8 cm³/mol. The first-order valence-corrected chi connectivity index (χ1v) is 8.50. The molecule has 1 radical (unpaired) electrons. The Morgan fingerprint density at radius 2 is 1.42 bits per heavy atom. The maximum atomic E-state index is 4.62. The topological polar surface area (TPSA) is 12.9 Å². The van der Waals surface area contributed by atoms with Crippen molar-refractivity contribution in [3.63, 3.8) is 0 Å². The Kier molecular flexibility index (Phi) is 4.66. The fraction of sp³-hybridized carbons (Fsp3) is 0.500. The van der Waals surface area contributed by atoms with Crippen LogP contribution in [0.5, 0.6) is 0 Å². The summed E-state index contributed by atoms with van der Waals surface area (Å²) < 4.78 is 0. The summed E-state index contributed by atoms with van der Waals surface area (Å²) in [5, 5.41) is 0. The summed E-state index contributed by atoms with van der Waals surface area (Å²) in [7, 11) is 0. The Morgan fingerprint density at radius 1 is 0.833 bits per heavy atom. The van der Waals surface area contributed by atoms with Gasteiger partial charge in [-0.2, -0.15) is 0 Å². The SMILES string of the molecule is Cc1cnc(-c2[c-]cc3c(c2)C(C)(C)C(C)(C)C3(C)C)cc1C.[Ir]. The van der Waals surface area contributed by atoms with Crippen molar-refractivity contribution in [3.8, 4) is 11.3 Å². The van der Waals surface area contributed by atoms with Crippen molar-refractivity contribution in [2.75, 3.05) is 0 Å². The minimum atomic E-state index is 0. The molecule has 0 atom stereocenters. The average Bonchev–Trinajstić information content (AvgIpc) is 2.58. The standard InChI is InChI=1S/C22H28N.Ir/c1-14-11-19(23-13-15(14)2)16-9-10-17-18(12-16)21(5,6)22(7,8)20(17,3)4;/h10-13H,1-8H3;/q-1;. The number of hydrogen-bond acceptors (Lipinski definition) is 1. The minimum Gasteiger partial charge on any atom is -0.304 e. The third-order valence-corrected chi connectivity index (χ3v) is 7.07. The van der Waals surface area contributed by atoms with Crippen molar-refractivity contribution in [2.24, 2.45) is 5.41 Å². The van der Waals surface area contributed by atoms with E-state index in [0.717, 1.165) is 11.3 Å². The van der Waals surface area contributed by atoms with E-state index in [-0.39, 0.29) is 36.4 Å². The molecule has 0 spiro atoms. The van der Waals surface area contributed by atoms with Crippen LogP contribution in [-0.2, 0) is 30.9 Å². The van der Waals surface area contributed by atoms with Gasteiger partial charge in [-0.3, -0.25) is 0 Å². The van der Waals surface area contributed by atoms with Crippen LogP contribution in [0.1, 0.15) is 63.8 Å². The van der Waals surface area contributed by atoms with Gasteiger partial charge in [0.15, 0.2) is 0 Å². The Labute approximate surface area is 160 Å². The van der Waals surface area contributed by atoms with Gasteiger partial charge in [0.05, 0.1) is 0 Å². The van der Waals surface area contributed by atoms with Crippen LogP contribution in [0.25, 0.3) is 11.3 Å². The summed E-state index contributed by atoms with van der Waals surface area (Å²) in [4.78, 5) is 4.62.